The Morgan fingerprint density at radius 2 is 2.40 bits per heavy atom. The topological polar surface area (TPSA) is 4.36 Å². The van der Waals surface area contributed by atoms with Gasteiger partial charge in [0, 0.05) is 5.57 Å². The van der Waals surface area contributed by atoms with Crippen LogP contribution in [0.1, 0.15) is 19.3 Å². The maximum Gasteiger partial charge on any atom is 0.275 e. The number of hydrogen-bond donors (Lipinski definition) is 0. The van der Waals surface area contributed by atoms with E-state index in [2.05, 4.69) is 11.4 Å². The second kappa shape index (κ2) is 2.83. The van der Waals surface area contributed by atoms with E-state index in [1.165, 1.54) is 0 Å². The summed E-state index contributed by atoms with van der Waals surface area (Å²) in [4.78, 5) is 3.18. The lowest BCUT2D eigenvalue weighted by Crippen LogP contribution is -2.24. The van der Waals surface area contributed by atoms with Gasteiger partial charge in [-0.15, -0.1) is 0 Å². The number of halogens is 1. The van der Waals surface area contributed by atoms with Crippen molar-refractivity contribution in [2.24, 2.45) is 0 Å². The summed E-state index contributed by atoms with van der Waals surface area (Å²) in [5.74, 6) is 0. The lowest BCUT2D eigenvalue weighted by Gasteiger charge is -2.18. The van der Waals surface area contributed by atoms with Crippen LogP contribution in [-0.4, -0.2) is 12.2 Å². The lowest BCUT2D eigenvalue weighted by atomic mass is 9.90. The van der Waals surface area contributed by atoms with Crippen molar-refractivity contribution in [1.29, 1.82) is 0 Å². The standard InChI is InChI=1S/C8H10FN/c1-6-4-3-5-7(9)8(6)10-2/h7-8H,1,3-5H2. The highest BCUT2D eigenvalue weighted by Crippen LogP contribution is 2.27. The molecule has 1 saturated carbocycles. The number of hydrogen-bond acceptors (Lipinski definition) is 0. The van der Waals surface area contributed by atoms with Gasteiger partial charge in [0.15, 0.2) is 6.17 Å². The molecule has 1 aliphatic carbocycles. The van der Waals surface area contributed by atoms with Crippen LogP contribution in [-0.2, 0) is 0 Å². The van der Waals surface area contributed by atoms with Gasteiger partial charge in [-0.25, -0.2) is 11.0 Å². The molecule has 1 nitrogen and oxygen atoms in total. The first-order valence-electron chi connectivity index (χ1n) is 3.44. The Labute approximate surface area is 60.4 Å². The van der Waals surface area contributed by atoms with E-state index in [1.807, 2.05) is 0 Å². The molecule has 0 N–H and O–H groups in total. The third kappa shape index (κ3) is 1.18. The summed E-state index contributed by atoms with van der Waals surface area (Å²) < 4.78 is 12.8. The fourth-order valence-electron chi connectivity index (χ4n) is 1.26. The molecule has 1 aliphatic rings. The molecule has 1 rings (SSSR count). The molecular formula is C8H10FN. The van der Waals surface area contributed by atoms with Crippen molar-refractivity contribution in [1.82, 2.24) is 0 Å². The molecule has 0 aliphatic heterocycles. The zero-order chi connectivity index (χ0) is 7.56. The zero-order valence-electron chi connectivity index (χ0n) is 5.81. The zero-order valence-corrected chi connectivity index (χ0v) is 5.81. The number of alkyl halides is 1. The van der Waals surface area contributed by atoms with Crippen LogP contribution in [0.25, 0.3) is 4.85 Å². The first kappa shape index (κ1) is 7.27. The van der Waals surface area contributed by atoms with Crippen molar-refractivity contribution in [2.75, 3.05) is 0 Å². The molecule has 1 fully saturated rings. The Balaban J connectivity index is 2.65. The average Bonchev–Trinajstić information content (AvgIpc) is 1.88. The van der Waals surface area contributed by atoms with Crippen LogP contribution in [0.4, 0.5) is 4.39 Å². The Bertz CT molecular complexity index is 180. The Kier molecular flexibility index (Phi) is 2.06. The van der Waals surface area contributed by atoms with Gasteiger partial charge in [0.05, 0.1) is 0 Å². The Morgan fingerprint density at radius 3 is 2.80 bits per heavy atom. The Hall–Kier alpha value is -0.840. The molecule has 0 aromatic carbocycles. The SMILES string of the molecule is [C-]#[N+]C1C(=C)CCCC1F. The van der Waals surface area contributed by atoms with Gasteiger partial charge < -0.3 is 4.85 Å². The number of rotatable bonds is 0. The summed E-state index contributed by atoms with van der Waals surface area (Å²) >= 11 is 0. The van der Waals surface area contributed by atoms with Gasteiger partial charge >= 0.3 is 0 Å². The second-order valence-corrected chi connectivity index (χ2v) is 2.64. The molecule has 0 radical (unpaired) electrons. The van der Waals surface area contributed by atoms with Crippen molar-refractivity contribution in [3.63, 3.8) is 0 Å². The summed E-state index contributed by atoms with van der Waals surface area (Å²) in [5.41, 5.74) is 0.772. The van der Waals surface area contributed by atoms with E-state index in [0.717, 1.165) is 18.4 Å². The Morgan fingerprint density at radius 1 is 1.70 bits per heavy atom. The first-order chi connectivity index (χ1) is 4.75. The molecule has 0 amide bonds. The van der Waals surface area contributed by atoms with Gasteiger partial charge in [-0.05, 0) is 19.3 Å². The summed E-state index contributed by atoms with van der Waals surface area (Å²) in [6.45, 7) is 10.3. The van der Waals surface area contributed by atoms with E-state index >= 15 is 0 Å². The van der Waals surface area contributed by atoms with Crippen LogP contribution < -0.4 is 0 Å². The van der Waals surface area contributed by atoms with Crippen molar-refractivity contribution in [3.05, 3.63) is 23.6 Å². The predicted octanol–water partition coefficient (Wildman–Crippen LogP) is 2.35. The maximum absolute atomic E-state index is 12.8. The van der Waals surface area contributed by atoms with Crippen molar-refractivity contribution in [2.45, 2.75) is 31.5 Å². The first-order valence-corrected chi connectivity index (χ1v) is 3.44. The fraction of sp³-hybridized carbons (Fsp3) is 0.625. The van der Waals surface area contributed by atoms with E-state index in [1.54, 1.807) is 0 Å². The molecule has 0 aromatic heterocycles. The summed E-state index contributed by atoms with van der Waals surface area (Å²) in [6.07, 6.45) is 1.25. The van der Waals surface area contributed by atoms with Crippen LogP contribution >= 0.6 is 0 Å². The largest absolute Gasteiger partial charge is 0.306 e. The monoisotopic (exact) mass is 139 g/mol. The van der Waals surface area contributed by atoms with Gasteiger partial charge in [-0.1, -0.05) is 6.58 Å². The van der Waals surface area contributed by atoms with Crippen LogP contribution in [0.2, 0.25) is 0 Å². The summed E-state index contributed by atoms with van der Waals surface area (Å²) in [6, 6.07) is -0.547. The lowest BCUT2D eigenvalue weighted by molar-refractivity contribution is 0.273. The predicted molar refractivity (Wildman–Crippen MR) is 38.3 cm³/mol. The highest BCUT2D eigenvalue weighted by Gasteiger charge is 2.32. The second-order valence-electron chi connectivity index (χ2n) is 2.64. The molecular weight excluding hydrogens is 129 g/mol. The van der Waals surface area contributed by atoms with Crippen LogP contribution in [0.3, 0.4) is 0 Å². The normalized spacial score (nSPS) is 33.4. The minimum absolute atomic E-state index is 0.534. The van der Waals surface area contributed by atoms with Gasteiger partial charge in [0.1, 0.15) is 0 Å². The molecule has 2 atom stereocenters. The molecule has 54 valence electrons. The molecule has 0 saturated heterocycles. The van der Waals surface area contributed by atoms with Crippen LogP contribution in [0.15, 0.2) is 12.2 Å². The van der Waals surface area contributed by atoms with E-state index in [0.29, 0.717) is 6.42 Å². The molecule has 0 aromatic rings. The quantitative estimate of drug-likeness (QED) is 0.358. The number of nitrogens with zero attached hydrogens (tertiary/aromatic N) is 1. The molecule has 0 bridgehead atoms. The van der Waals surface area contributed by atoms with Crippen LogP contribution in [0.5, 0.6) is 0 Å². The third-order valence-corrected chi connectivity index (χ3v) is 1.88. The summed E-state index contributed by atoms with van der Waals surface area (Å²) in [5, 5.41) is 0. The van der Waals surface area contributed by atoms with Gasteiger partial charge in [-0.3, -0.25) is 0 Å². The minimum atomic E-state index is -0.959. The van der Waals surface area contributed by atoms with E-state index in [-0.39, 0.29) is 0 Å². The fourth-order valence-corrected chi connectivity index (χ4v) is 1.26. The molecule has 0 spiro atoms. The van der Waals surface area contributed by atoms with Gasteiger partial charge in [0.25, 0.3) is 6.04 Å². The summed E-state index contributed by atoms with van der Waals surface area (Å²) in [7, 11) is 0. The van der Waals surface area contributed by atoms with Crippen molar-refractivity contribution < 1.29 is 4.39 Å². The highest BCUT2D eigenvalue weighted by molar-refractivity contribution is 5.16. The molecule has 10 heavy (non-hydrogen) atoms. The third-order valence-electron chi connectivity index (χ3n) is 1.88. The van der Waals surface area contributed by atoms with Crippen LogP contribution in [0, 0.1) is 6.57 Å². The smallest absolute Gasteiger partial charge is 0.275 e. The van der Waals surface area contributed by atoms with Crippen molar-refractivity contribution in [3.8, 4) is 0 Å². The maximum atomic E-state index is 12.8. The van der Waals surface area contributed by atoms with Crippen molar-refractivity contribution >= 4 is 0 Å². The molecule has 2 heteroatoms. The van der Waals surface area contributed by atoms with Gasteiger partial charge in [0.2, 0.25) is 0 Å². The molecule has 0 heterocycles. The van der Waals surface area contributed by atoms with Gasteiger partial charge in [-0.2, -0.15) is 0 Å². The highest BCUT2D eigenvalue weighted by atomic mass is 19.1. The minimum Gasteiger partial charge on any atom is -0.306 e. The van der Waals surface area contributed by atoms with E-state index in [9.17, 15) is 4.39 Å². The van der Waals surface area contributed by atoms with E-state index < -0.39 is 12.2 Å². The van der Waals surface area contributed by atoms with E-state index in [4.69, 9.17) is 6.57 Å². The average molecular weight is 139 g/mol. The molecule has 2 unspecified atom stereocenters.